The van der Waals surface area contributed by atoms with Gasteiger partial charge in [-0.1, -0.05) is 11.6 Å². The van der Waals surface area contributed by atoms with E-state index in [0.717, 1.165) is 19.1 Å². The Morgan fingerprint density at radius 2 is 2.29 bits per heavy atom. The summed E-state index contributed by atoms with van der Waals surface area (Å²) in [6.07, 6.45) is 1.32. The molecule has 1 atom stereocenters. The molecule has 0 saturated carbocycles. The molecule has 2 rings (SSSR count). The molecule has 0 spiro atoms. The summed E-state index contributed by atoms with van der Waals surface area (Å²) in [5, 5.41) is 9.60. The van der Waals surface area contributed by atoms with Gasteiger partial charge in [-0.2, -0.15) is 0 Å². The molecule has 1 amide bonds. The highest BCUT2D eigenvalue weighted by molar-refractivity contribution is 6.30. The maximum Gasteiger partial charge on any atom is 0.407 e. The van der Waals surface area contributed by atoms with Gasteiger partial charge in [0.25, 0.3) is 0 Å². The minimum atomic E-state index is -0.954. The largest absolute Gasteiger partial charge is 0.465 e. The van der Waals surface area contributed by atoms with Crippen LogP contribution >= 0.6 is 11.6 Å². The lowest BCUT2D eigenvalue weighted by molar-refractivity contribution is 0.111. The lowest BCUT2D eigenvalue weighted by Gasteiger charge is -2.23. The number of carbonyl (C=O) groups excluding carboxylic acids is 1. The Morgan fingerprint density at radius 3 is 2.94 bits per heavy atom. The van der Waals surface area contributed by atoms with Crippen molar-refractivity contribution in [3.63, 3.8) is 0 Å². The third kappa shape index (κ3) is 2.26. The zero-order valence-electron chi connectivity index (χ0n) is 9.10. The fraction of sp³-hybridized carbons (Fsp3) is 0.333. The smallest absolute Gasteiger partial charge is 0.407 e. The Hall–Kier alpha value is -1.55. The summed E-state index contributed by atoms with van der Waals surface area (Å²) in [5.41, 5.74) is 1.21. The van der Waals surface area contributed by atoms with Crippen LogP contribution < -0.4 is 0 Å². The molecule has 0 aliphatic carbocycles. The molecule has 1 saturated heterocycles. The van der Waals surface area contributed by atoms with Gasteiger partial charge in [0, 0.05) is 17.1 Å². The third-order valence-electron chi connectivity index (χ3n) is 3.03. The lowest BCUT2D eigenvalue weighted by Crippen LogP contribution is -2.29. The van der Waals surface area contributed by atoms with Crippen LogP contribution in [-0.4, -0.2) is 28.9 Å². The van der Waals surface area contributed by atoms with Crippen LogP contribution in [0.1, 0.15) is 34.8 Å². The third-order valence-corrected chi connectivity index (χ3v) is 3.27. The second kappa shape index (κ2) is 4.75. The summed E-state index contributed by atoms with van der Waals surface area (Å²) < 4.78 is 0. The summed E-state index contributed by atoms with van der Waals surface area (Å²) in [5.74, 6) is 0. The van der Waals surface area contributed by atoms with E-state index < -0.39 is 6.09 Å². The summed E-state index contributed by atoms with van der Waals surface area (Å²) in [6, 6.07) is 4.68. The molecule has 1 aromatic carbocycles. The molecule has 1 fully saturated rings. The summed E-state index contributed by atoms with van der Waals surface area (Å²) in [6.45, 7) is 0.505. The molecular weight excluding hydrogens is 242 g/mol. The number of amides is 1. The Morgan fingerprint density at radius 1 is 1.53 bits per heavy atom. The molecule has 0 aromatic heterocycles. The Labute approximate surface area is 104 Å². The normalized spacial score (nSPS) is 19.4. The molecule has 90 valence electrons. The monoisotopic (exact) mass is 253 g/mol. The van der Waals surface area contributed by atoms with E-state index in [1.54, 1.807) is 18.2 Å². The van der Waals surface area contributed by atoms with Crippen LogP contribution in [0.15, 0.2) is 18.2 Å². The summed E-state index contributed by atoms with van der Waals surface area (Å²) in [4.78, 5) is 23.4. The molecular formula is C12H12ClNO3. The van der Waals surface area contributed by atoms with Crippen LogP contribution in [-0.2, 0) is 0 Å². The second-order valence-electron chi connectivity index (χ2n) is 4.03. The number of carboxylic acid groups (broad SMARTS) is 1. The molecule has 4 nitrogen and oxygen atoms in total. The first-order chi connectivity index (χ1) is 8.13. The highest BCUT2D eigenvalue weighted by Gasteiger charge is 2.31. The SMILES string of the molecule is O=Cc1ccc(Cl)cc1C1CCCN1C(=O)O. The standard InChI is InChI=1S/C12H12ClNO3/c13-9-4-3-8(7-15)10(6-9)11-2-1-5-14(11)12(16)17/h3-4,6-7,11H,1-2,5H2,(H,16,17). The first-order valence-electron chi connectivity index (χ1n) is 5.37. The van der Waals surface area contributed by atoms with E-state index >= 15 is 0 Å². The van der Waals surface area contributed by atoms with Crippen molar-refractivity contribution in [1.29, 1.82) is 0 Å². The molecule has 1 aromatic rings. The van der Waals surface area contributed by atoms with Gasteiger partial charge in [-0.15, -0.1) is 0 Å². The van der Waals surface area contributed by atoms with Crippen LogP contribution in [0.4, 0.5) is 4.79 Å². The second-order valence-corrected chi connectivity index (χ2v) is 4.46. The highest BCUT2D eigenvalue weighted by Crippen LogP contribution is 2.34. The van der Waals surface area contributed by atoms with Gasteiger partial charge in [-0.05, 0) is 36.6 Å². The molecule has 1 heterocycles. The van der Waals surface area contributed by atoms with Gasteiger partial charge in [0.2, 0.25) is 0 Å². The van der Waals surface area contributed by atoms with Gasteiger partial charge >= 0.3 is 6.09 Å². The fourth-order valence-electron chi connectivity index (χ4n) is 2.26. The van der Waals surface area contributed by atoms with E-state index in [1.807, 2.05) is 0 Å². The van der Waals surface area contributed by atoms with Crippen molar-refractivity contribution in [3.8, 4) is 0 Å². The molecule has 1 unspecified atom stereocenters. The van der Waals surface area contributed by atoms with Crippen LogP contribution in [0.3, 0.4) is 0 Å². The number of halogens is 1. The van der Waals surface area contributed by atoms with Crippen molar-refractivity contribution < 1.29 is 14.7 Å². The number of aldehydes is 1. The lowest BCUT2D eigenvalue weighted by atomic mass is 9.99. The minimum Gasteiger partial charge on any atom is -0.465 e. The van der Waals surface area contributed by atoms with Crippen LogP contribution in [0.25, 0.3) is 0 Å². The van der Waals surface area contributed by atoms with Crippen molar-refractivity contribution in [2.45, 2.75) is 18.9 Å². The van der Waals surface area contributed by atoms with Crippen LogP contribution in [0.5, 0.6) is 0 Å². The predicted octanol–water partition coefficient (Wildman–Crippen LogP) is 2.97. The van der Waals surface area contributed by atoms with Gasteiger partial charge in [0.05, 0.1) is 6.04 Å². The summed E-state index contributed by atoms with van der Waals surface area (Å²) in [7, 11) is 0. The zero-order chi connectivity index (χ0) is 12.4. The number of rotatable bonds is 2. The number of likely N-dealkylation sites (tertiary alicyclic amines) is 1. The molecule has 0 radical (unpaired) electrons. The average molecular weight is 254 g/mol. The number of hydrogen-bond donors (Lipinski definition) is 1. The molecule has 1 aliphatic rings. The van der Waals surface area contributed by atoms with Crippen molar-refractivity contribution in [1.82, 2.24) is 4.90 Å². The summed E-state index contributed by atoms with van der Waals surface area (Å²) >= 11 is 5.90. The fourth-order valence-corrected chi connectivity index (χ4v) is 2.44. The van der Waals surface area contributed by atoms with E-state index in [4.69, 9.17) is 16.7 Å². The van der Waals surface area contributed by atoms with E-state index in [0.29, 0.717) is 22.7 Å². The van der Waals surface area contributed by atoms with Crippen molar-refractivity contribution in [3.05, 3.63) is 34.3 Å². The Balaban J connectivity index is 2.41. The van der Waals surface area contributed by atoms with Gasteiger partial charge < -0.3 is 10.0 Å². The first kappa shape index (κ1) is 11.9. The molecule has 1 aliphatic heterocycles. The molecule has 17 heavy (non-hydrogen) atoms. The average Bonchev–Trinajstić information content (AvgIpc) is 2.77. The van der Waals surface area contributed by atoms with E-state index in [2.05, 4.69) is 0 Å². The number of nitrogens with zero attached hydrogens (tertiary/aromatic N) is 1. The van der Waals surface area contributed by atoms with E-state index in [1.165, 1.54) is 4.90 Å². The number of benzene rings is 1. The molecule has 0 bridgehead atoms. The van der Waals surface area contributed by atoms with Gasteiger partial charge in [0.15, 0.2) is 0 Å². The van der Waals surface area contributed by atoms with Gasteiger partial charge in [-0.25, -0.2) is 4.79 Å². The van der Waals surface area contributed by atoms with Crippen molar-refractivity contribution in [2.24, 2.45) is 0 Å². The molecule has 1 N–H and O–H groups in total. The van der Waals surface area contributed by atoms with Crippen LogP contribution in [0, 0.1) is 0 Å². The Kier molecular flexibility index (Phi) is 3.33. The van der Waals surface area contributed by atoms with E-state index in [9.17, 15) is 9.59 Å². The topological polar surface area (TPSA) is 57.6 Å². The van der Waals surface area contributed by atoms with Crippen molar-refractivity contribution in [2.75, 3.05) is 6.54 Å². The van der Waals surface area contributed by atoms with Gasteiger partial charge in [0.1, 0.15) is 6.29 Å². The quantitative estimate of drug-likeness (QED) is 0.825. The van der Waals surface area contributed by atoms with Crippen LogP contribution in [0.2, 0.25) is 5.02 Å². The zero-order valence-corrected chi connectivity index (χ0v) is 9.85. The minimum absolute atomic E-state index is 0.258. The predicted molar refractivity (Wildman–Crippen MR) is 63.5 cm³/mol. The van der Waals surface area contributed by atoms with Gasteiger partial charge in [-0.3, -0.25) is 4.79 Å². The Bertz CT molecular complexity index is 461. The maximum atomic E-state index is 11.1. The molecule has 5 heteroatoms. The number of hydrogen-bond acceptors (Lipinski definition) is 2. The maximum absolute atomic E-state index is 11.1. The first-order valence-corrected chi connectivity index (χ1v) is 5.75. The van der Waals surface area contributed by atoms with Crippen molar-refractivity contribution >= 4 is 24.0 Å². The van der Waals surface area contributed by atoms with E-state index in [-0.39, 0.29) is 6.04 Å². The number of carbonyl (C=O) groups is 2. The highest BCUT2D eigenvalue weighted by atomic mass is 35.5.